The summed E-state index contributed by atoms with van der Waals surface area (Å²) >= 11 is 0. The van der Waals surface area contributed by atoms with Gasteiger partial charge in [-0.25, -0.2) is 8.42 Å². The second-order valence-corrected chi connectivity index (χ2v) is 5.39. The summed E-state index contributed by atoms with van der Waals surface area (Å²) in [7, 11) is -3.21. The molecular weight excluding hydrogens is 174 g/mol. The molecule has 0 saturated heterocycles. The van der Waals surface area contributed by atoms with E-state index in [9.17, 15) is 8.42 Å². The number of nitriles is 1. The summed E-state index contributed by atoms with van der Waals surface area (Å²) < 4.78 is 23.0. The summed E-state index contributed by atoms with van der Waals surface area (Å²) in [6.07, 6.45) is 0.948. The fraction of sp³-hybridized carbons (Fsp3) is 0.875. The molecule has 2 unspecified atom stereocenters. The van der Waals surface area contributed by atoms with Crippen LogP contribution in [-0.2, 0) is 9.84 Å². The summed E-state index contributed by atoms with van der Waals surface area (Å²) in [5, 5.41) is 7.35. The van der Waals surface area contributed by atoms with Gasteiger partial charge in [-0.1, -0.05) is 13.8 Å². The van der Waals surface area contributed by atoms with E-state index in [4.69, 9.17) is 5.26 Å². The van der Waals surface area contributed by atoms with Gasteiger partial charge in [0.15, 0.2) is 9.84 Å². The predicted molar refractivity (Wildman–Crippen MR) is 48.4 cm³/mol. The lowest BCUT2D eigenvalue weighted by molar-refractivity contribution is 0.572. The SMILES string of the molecule is CCC(C)S(=O)(=O)C(C#N)CC. The Kier molecular flexibility index (Phi) is 4.25. The van der Waals surface area contributed by atoms with Crippen LogP contribution in [0.2, 0.25) is 0 Å². The highest BCUT2D eigenvalue weighted by molar-refractivity contribution is 7.92. The second kappa shape index (κ2) is 4.46. The molecule has 0 aliphatic rings. The van der Waals surface area contributed by atoms with E-state index in [1.807, 2.05) is 13.0 Å². The molecule has 0 rings (SSSR count). The highest BCUT2D eigenvalue weighted by atomic mass is 32.2. The maximum absolute atomic E-state index is 11.5. The van der Waals surface area contributed by atoms with Crippen LogP contribution in [0.4, 0.5) is 0 Å². The van der Waals surface area contributed by atoms with Crippen molar-refractivity contribution < 1.29 is 8.42 Å². The van der Waals surface area contributed by atoms with E-state index in [0.29, 0.717) is 12.8 Å². The maximum atomic E-state index is 11.5. The fourth-order valence-corrected chi connectivity index (χ4v) is 2.55. The van der Waals surface area contributed by atoms with Crippen LogP contribution < -0.4 is 0 Å². The van der Waals surface area contributed by atoms with Crippen molar-refractivity contribution >= 4 is 9.84 Å². The van der Waals surface area contributed by atoms with Gasteiger partial charge in [0.1, 0.15) is 5.25 Å². The van der Waals surface area contributed by atoms with Crippen LogP contribution in [0, 0.1) is 11.3 Å². The number of sulfone groups is 1. The molecule has 0 aromatic rings. The molecule has 70 valence electrons. The van der Waals surface area contributed by atoms with Gasteiger partial charge in [-0.05, 0) is 19.8 Å². The summed E-state index contributed by atoms with van der Waals surface area (Å²) in [6.45, 7) is 5.18. The van der Waals surface area contributed by atoms with Gasteiger partial charge in [0, 0.05) is 0 Å². The second-order valence-electron chi connectivity index (χ2n) is 2.83. The van der Waals surface area contributed by atoms with Crippen molar-refractivity contribution in [2.24, 2.45) is 0 Å². The van der Waals surface area contributed by atoms with Gasteiger partial charge < -0.3 is 0 Å². The average Bonchev–Trinajstić information content (AvgIpc) is 2.04. The molecule has 0 radical (unpaired) electrons. The highest BCUT2D eigenvalue weighted by Crippen LogP contribution is 2.14. The van der Waals surface area contributed by atoms with Crippen LogP contribution in [-0.4, -0.2) is 18.9 Å². The number of hydrogen-bond donors (Lipinski definition) is 0. The quantitative estimate of drug-likeness (QED) is 0.673. The van der Waals surface area contributed by atoms with Gasteiger partial charge in [0.05, 0.1) is 11.3 Å². The molecule has 0 saturated carbocycles. The molecule has 0 aliphatic heterocycles. The number of rotatable bonds is 4. The smallest absolute Gasteiger partial charge is 0.169 e. The van der Waals surface area contributed by atoms with Crippen molar-refractivity contribution in [2.75, 3.05) is 0 Å². The Hall–Kier alpha value is -0.560. The molecule has 0 amide bonds. The minimum atomic E-state index is -3.21. The summed E-state index contributed by atoms with van der Waals surface area (Å²) in [6, 6.07) is 1.82. The van der Waals surface area contributed by atoms with Crippen molar-refractivity contribution in [3.63, 3.8) is 0 Å². The molecule has 2 atom stereocenters. The van der Waals surface area contributed by atoms with Gasteiger partial charge in [0.25, 0.3) is 0 Å². The van der Waals surface area contributed by atoms with Crippen LogP contribution in [0.3, 0.4) is 0 Å². The van der Waals surface area contributed by atoms with Crippen LogP contribution in [0.5, 0.6) is 0 Å². The van der Waals surface area contributed by atoms with E-state index in [-0.39, 0.29) is 0 Å². The van der Waals surface area contributed by atoms with Crippen LogP contribution in [0.1, 0.15) is 33.6 Å². The Labute approximate surface area is 74.3 Å². The normalized spacial score (nSPS) is 16.5. The Bertz CT molecular complexity index is 263. The number of nitrogens with zero attached hydrogens (tertiary/aromatic N) is 1. The van der Waals surface area contributed by atoms with Gasteiger partial charge in [-0.2, -0.15) is 5.26 Å². The van der Waals surface area contributed by atoms with E-state index >= 15 is 0 Å². The predicted octanol–water partition coefficient (Wildman–Crippen LogP) is 1.50. The van der Waals surface area contributed by atoms with Gasteiger partial charge in [0.2, 0.25) is 0 Å². The first-order chi connectivity index (χ1) is 5.50. The van der Waals surface area contributed by atoms with E-state index in [1.165, 1.54) is 0 Å². The lowest BCUT2D eigenvalue weighted by Crippen LogP contribution is -2.28. The molecule has 0 aliphatic carbocycles. The average molecular weight is 189 g/mol. The third kappa shape index (κ3) is 2.21. The largest absolute Gasteiger partial charge is 0.227 e. The minimum absolute atomic E-state index is 0.378. The van der Waals surface area contributed by atoms with E-state index in [0.717, 1.165) is 0 Å². The topological polar surface area (TPSA) is 57.9 Å². The van der Waals surface area contributed by atoms with Crippen LogP contribution in [0.15, 0.2) is 0 Å². The monoisotopic (exact) mass is 189 g/mol. The van der Waals surface area contributed by atoms with E-state index in [1.54, 1.807) is 13.8 Å². The Morgan fingerprint density at radius 3 is 2.08 bits per heavy atom. The van der Waals surface area contributed by atoms with Crippen molar-refractivity contribution in [1.82, 2.24) is 0 Å². The van der Waals surface area contributed by atoms with Gasteiger partial charge >= 0.3 is 0 Å². The lowest BCUT2D eigenvalue weighted by atomic mass is 10.4. The molecule has 0 N–H and O–H groups in total. The van der Waals surface area contributed by atoms with Crippen LogP contribution >= 0.6 is 0 Å². The maximum Gasteiger partial charge on any atom is 0.169 e. The molecule has 3 nitrogen and oxygen atoms in total. The zero-order valence-corrected chi connectivity index (χ0v) is 8.56. The first-order valence-corrected chi connectivity index (χ1v) is 5.73. The zero-order valence-electron chi connectivity index (χ0n) is 7.74. The molecule has 0 aromatic heterocycles. The molecule has 0 bridgehead atoms. The zero-order chi connectivity index (χ0) is 9.78. The van der Waals surface area contributed by atoms with Crippen molar-refractivity contribution in [2.45, 2.75) is 44.1 Å². The molecular formula is C8H15NO2S. The molecule has 0 fully saturated rings. The fourth-order valence-electron chi connectivity index (χ4n) is 0.910. The molecule has 12 heavy (non-hydrogen) atoms. The summed E-state index contributed by atoms with van der Waals surface area (Å²) in [5.74, 6) is 0. The van der Waals surface area contributed by atoms with Gasteiger partial charge in [-0.3, -0.25) is 0 Å². The molecule has 4 heteroatoms. The van der Waals surface area contributed by atoms with Crippen molar-refractivity contribution in [3.8, 4) is 6.07 Å². The summed E-state index contributed by atoms with van der Waals surface area (Å²) in [4.78, 5) is 0. The Morgan fingerprint density at radius 2 is 1.83 bits per heavy atom. The molecule has 0 aromatic carbocycles. The standard InChI is InChI=1S/C8H15NO2S/c1-4-7(3)12(10,11)8(5-2)6-9/h7-8H,4-5H2,1-3H3. The first kappa shape index (κ1) is 11.4. The van der Waals surface area contributed by atoms with Crippen LogP contribution in [0.25, 0.3) is 0 Å². The van der Waals surface area contributed by atoms with Crippen molar-refractivity contribution in [3.05, 3.63) is 0 Å². The Balaban J connectivity index is 4.74. The Morgan fingerprint density at radius 1 is 1.33 bits per heavy atom. The van der Waals surface area contributed by atoms with Crippen molar-refractivity contribution in [1.29, 1.82) is 5.26 Å². The third-order valence-electron chi connectivity index (χ3n) is 2.05. The number of hydrogen-bond acceptors (Lipinski definition) is 3. The minimum Gasteiger partial charge on any atom is -0.227 e. The van der Waals surface area contributed by atoms with E-state index in [2.05, 4.69) is 0 Å². The summed E-state index contributed by atoms with van der Waals surface area (Å²) in [5.41, 5.74) is 0. The first-order valence-electron chi connectivity index (χ1n) is 4.13. The highest BCUT2D eigenvalue weighted by Gasteiger charge is 2.28. The molecule has 0 spiro atoms. The third-order valence-corrected chi connectivity index (χ3v) is 4.73. The lowest BCUT2D eigenvalue weighted by Gasteiger charge is -2.13. The molecule has 0 heterocycles. The van der Waals surface area contributed by atoms with E-state index < -0.39 is 20.3 Å². The van der Waals surface area contributed by atoms with Gasteiger partial charge in [-0.15, -0.1) is 0 Å².